The van der Waals surface area contributed by atoms with E-state index in [4.69, 9.17) is 17.3 Å². The minimum atomic E-state index is -2.55. The summed E-state index contributed by atoms with van der Waals surface area (Å²) in [4.78, 5) is 14.6. The summed E-state index contributed by atoms with van der Waals surface area (Å²) in [7, 11) is -2.55. The second-order valence-corrected chi connectivity index (χ2v) is 12.6. The van der Waals surface area contributed by atoms with Gasteiger partial charge in [0, 0.05) is 46.3 Å². The second-order valence-electron chi connectivity index (χ2n) is 8.87. The van der Waals surface area contributed by atoms with Crippen molar-refractivity contribution in [1.29, 1.82) is 0 Å². The van der Waals surface area contributed by atoms with Crippen molar-refractivity contribution < 1.29 is 14.2 Å². The van der Waals surface area contributed by atoms with Gasteiger partial charge < -0.3 is 15.7 Å². The molecule has 2 aliphatic heterocycles. The van der Waals surface area contributed by atoms with Crippen LogP contribution >= 0.6 is 33.5 Å². The summed E-state index contributed by atoms with van der Waals surface area (Å²) in [5, 5.41) is 13.5. The number of benzene rings is 1. The smallest absolute Gasteiger partial charge is 0.222 e. The van der Waals surface area contributed by atoms with Gasteiger partial charge in [0.15, 0.2) is 11.4 Å². The number of aromatic nitrogens is 3. The van der Waals surface area contributed by atoms with Crippen LogP contribution in [0.1, 0.15) is 35.9 Å². The number of hydrogen-bond acceptors (Lipinski definition) is 9. The van der Waals surface area contributed by atoms with E-state index in [1.807, 2.05) is 23.1 Å². The SMILES string of the molecule is C[C@@](O)(C#Cc1ccc2c(c1)N(c1nc(N)ncc1Cl)CC21CCS(O)(O)CC1)c1nccs1. The first-order valence-electron chi connectivity index (χ1n) is 10.7. The Balaban J connectivity index is 1.58. The zero-order valence-electron chi connectivity index (χ0n) is 18.4. The monoisotopic (exact) mass is 517 g/mol. The summed E-state index contributed by atoms with van der Waals surface area (Å²) in [6, 6.07) is 5.92. The zero-order chi connectivity index (χ0) is 24.1. The number of nitrogens with two attached hydrogens (primary N) is 1. The molecule has 1 aromatic carbocycles. The van der Waals surface area contributed by atoms with Crippen molar-refractivity contribution in [2.45, 2.75) is 30.8 Å². The molecule has 0 unspecified atom stereocenters. The number of thiazole rings is 1. The first-order valence-corrected chi connectivity index (χ1v) is 13.8. The first kappa shape index (κ1) is 23.4. The molecular formula is C23H24ClN5O3S2. The Morgan fingerprint density at radius 3 is 2.74 bits per heavy atom. The highest BCUT2D eigenvalue weighted by Gasteiger charge is 2.47. The normalized spacial score (nSPS) is 20.8. The molecule has 11 heteroatoms. The van der Waals surface area contributed by atoms with E-state index < -0.39 is 16.2 Å². The van der Waals surface area contributed by atoms with E-state index in [9.17, 15) is 14.2 Å². The third kappa shape index (κ3) is 4.24. The van der Waals surface area contributed by atoms with Gasteiger partial charge in [0.05, 0.1) is 6.20 Å². The Morgan fingerprint density at radius 2 is 2.03 bits per heavy atom. The number of nitrogens with zero attached hydrogens (tertiary/aromatic N) is 4. The van der Waals surface area contributed by atoms with Gasteiger partial charge in [-0.1, -0.05) is 29.5 Å². The van der Waals surface area contributed by atoms with Crippen LogP contribution < -0.4 is 10.6 Å². The van der Waals surface area contributed by atoms with Crippen LogP contribution in [-0.4, -0.2) is 47.2 Å². The summed E-state index contributed by atoms with van der Waals surface area (Å²) >= 11 is 7.82. The molecule has 4 heterocycles. The number of hydrogen-bond donors (Lipinski definition) is 4. The van der Waals surface area contributed by atoms with Gasteiger partial charge in [0.2, 0.25) is 5.95 Å². The van der Waals surface area contributed by atoms with Gasteiger partial charge >= 0.3 is 0 Å². The van der Waals surface area contributed by atoms with Gasteiger partial charge in [0.1, 0.15) is 10.0 Å². The lowest BCUT2D eigenvalue weighted by molar-refractivity contribution is 0.122. The van der Waals surface area contributed by atoms with Gasteiger partial charge in [-0.3, -0.25) is 9.11 Å². The van der Waals surface area contributed by atoms with Crippen LogP contribution in [-0.2, 0) is 11.0 Å². The molecule has 0 aliphatic carbocycles. The van der Waals surface area contributed by atoms with Gasteiger partial charge in [-0.2, -0.15) is 15.6 Å². The van der Waals surface area contributed by atoms with Crippen molar-refractivity contribution in [3.8, 4) is 11.8 Å². The van der Waals surface area contributed by atoms with Crippen LogP contribution in [0.4, 0.5) is 17.5 Å². The van der Waals surface area contributed by atoms with E-state index in [2.05, 4.69) is 26.8 Å². The average Bonchev–Trinajstić information content (AvgIpc) is 3.45. The van der Waals surface area contributed by atoms with E-state index in [0.29, 0.717) is 46.7 Å². The minimum Gasteiger partial charge on any atom is -0.371 e. The first-order chi connectivity index (χ1) is 16.1. The fourth-order valence-corrected chi connectivity index (χ4v) is 7.07. The number of fused-ring (bicyclic) bond motifs is 2. The van der Waals surface area contributed by atoms with E-state index in [0.717, 1.165) is 16.8 Å². The van der Waals surface area contributed by atoms with Crippen molar-refractivity contribution in [2.75, 3.05) is 28.7 Å². The standard InChI is InChI=1S/C23H24ClN5O3S2/c1-22(30,20-26-8-9-33-20)5-4-15-2-3-16-18(12-15)29(19-17(24)13-27-21(25)28-19)14-23(16)6-10-34(31,32)11-7-23/h2-3,8-9,12-13,30-32H,6-7,10-11,14H2,1H3,(H2,25,27,28)/t22-/m1/s1. The molecule has 1 saturated heterocycles. The molecule has 2 aliphatic rings. The Bertz CT molecular complexity index is 1290. The largest absolute Gasteiger partial charge is 0.371 e. The maximum atomic E-state index is 10.7. The third-order valence-corrected chi connectivity index (χ3v) is 9.40. The van der Waals surface area contributed by atoms with Crippen molar-refractivity contribution in [1.82, 2.24) is 15.0 Å². The molecule has 34 heavy (non-hydrogen) atoms. The predicted molar refractivity (Wildman–Crippen MR) is 137 cm³/mol. The highest BCUT2D eigenvalue weighted by molar-refractivity contribution is 8.24. The Labute approximate surface area is 208 Å². The summed E-state index contributed by atoms with van der Waals surface area (Å²) in [6.45, 7) is 2.21. The molecule has 3 aromatic rings. The van der Waals surface area contributed by atoms with Crippen LogP contribution in [0.25, 0.3) is 0 Å². The molecule has 1 fully saturated rings. The lowest BCUT2D eigenvalue weighted by Gasteiger charge is -2.44. The average molecular weight is 518 g/mol. The molecule has 0 amide bonds. The van der Waals surface area contributed by atoms with Gasteiger partial charge in [-0.05, 0) is 37.5 Å². The van der Waals surface area contributed by atoms with Crippen molar-refractivity contribution in [2.24, 2.45) is 0 Å². The van der Waals surface area contributed by atoms with Gasteiger partial charge in [-0.25, -0.2) is 9.97 Å². The fraction of sp³-hybridized carbons (Fsp3) is 0.348. The summed E-state index contributed by atoms with van der Waals surface area (Å²) in [5.74, 6) is 7.35. The number of nitrogen functional groups attached to an aromatic ring is 1. The van der Waals surface area contributed by atoms with Crippen molar-refractivity contribution >= 4 is 51.0 Å². The molecule has 5 rings (SSSR count). The Morgan fingerprint density at radius 1 is 1.26 bits per heavy atom. The number of anilines is 3. The molecule has 1 atom stereocenters. The molecule has 0 bridgehead atoms. The zero-order valence-corrected chi connectivity index (χ0v) is 20.8. The number of halogens is 1. The lowest BCUT2D eigenvalue weighted by atomic mass is 9.77. The Kier molecular flexibility index (Phi) is 5.75. The lowest BCUT2D eigenvalue weighted by Crippen LogP contribution is -2.39. The Hall–Kier alpha value is -2.39. The molecule has 2 aromatic heterocycles. The highest BCUT2D eigenvalue weighted by Crippen LogP contribution is 2.57. The molecule has 178 valence electrons. The molecule has 0 saturated carbocycles. The maximum absolute atomic E-state index is 10.7. The summed E-state index contributed by atoms with van der Waals surface area (Å²) in [5.41, 5.74) is 6.93. The van der Waals surface area contributed by atoms with Crippen LogP contribution in [0.15, 0.2) is 36.0 Å². The van der Waals surface area contributed by atoms with Crippen LogP contribution in [0.5, 0.6) is 0 Å². The van der Waals surface area contributed by atoms with Crippen LogP contribution in [0.3, 0.4) is 0 Å². The third-order valence-electron chi connectivity index (χ3n) is 6.43. The minimum absolute atomic E-state index is 0.121. The molecule has 8 nitrogen and oxygen atoms in total. The summed E-state index contributed by atoms with van der Waals surface area (Å²) < 4.78 is 20.4. The summed E-state index contributed by atoms with van der Waals surface area (Å²) in [6.07, 6.45) is 4.40. The molecule has 5 N–H and O–H groups in total. The molecule has 0 radical (unpaired) electrons. The van der Waals surface area contributed by atoms with Crippen molar-refractivity contribution in [3.05, 3.63) is 57.1 Å². The number of rotatable bonds is 2. The van der Waals surface area contributed by atoms with E-state index in [-0.39, 0.29) is 11.4 Å². The maximum Gasteiger partial charge on any atom is 0.222 e. The highest BCUT2D eigenvalue weighted by atomic mass is 35.5. The quantitative estimate of drug-likeness (QED) is 0.369. The van der Waals surface area contributed by atoms with E-state index in [1.54, 1.807) is 18.5 Å². The van der Waals surface area contributed by atoms with Gasteiger partial charge in [-0.15, -0.1) is 11.3 Å². The number of aliphatic hydroxyl groups is 1. The predicted octanol–water partition coefficient (Wildman–Crippen LogP) is 4.36. The molecule has 1 spiro atoms. The second kappa shape index (κ2) is 8.37. The van der Waals surface area contributed by atoms with E-state index in [1.165, 1.54) is 17.5 Å². The molecular weight excluding hydrogens is 494 g/mol. The van der Waals surface area contributed by atoms with Gasteiger partial charge in [0.25, 0.3) is 0 Å². The van der Waals surface area contributed by atoms with Crippen LogP contribution in [0, 0.1) is 11.8 Å². The van der Waals surface area contributed by atoms with E-state index >= 15 is 0 Å². The fourth-order valence-electron chi connectivity index (χ4n) is 4.59. The topological polar surface area (TPSA) is 129 Å². The van der Waals surface area contributed by atoms with Crippen molar-refractivity contribution in [3.63, 3.8) is 0 Å². The van der Waals surface area contributed by atoms with Crippen LogP contribution in [0.2, 0.25) is 5.02 Å².